The smallest absolute Gasteiger partial charge is 0.225 e. The number of amides is 1. The number of ether oxygens (including phenoxy) is 1. The van der Waals surface area contributed by atoms with E-state index in [1.165, 1.54) is 11.3 Å². The van der Waals surface area contributed by atoms with Gasteiger partial charge in [0.25, 0.3) is 0 Å². The average Bonchev–Trinajstić information content (AvgIpc) is 2.93. The molecule has 0 saturated carbocycles. The summed E-state index contributed by atoms with van der Waals surface area (Å²) in [6.07, 6.45) is 2.77. The molecule has 20 heavy (non-hydrogen) atoms. The SMILES string of the molecule is COc1ccccc1-c1ncc(NC(=O)CCCN)s1. The van der Waals surface area contributed by atoms with Crippen LogP contribution in [0.4, 0.5) is 5.00 Å². The molecule has 6 heteroatoms. The summed E-state index contributed by atoms with van der Waals surface area (Å²) in [5.74, 6) is 0.730. The van der Waals surface area contributed by atoms with Crippen LogP contribution < -0.4 is 15.8 Å². The fraction of sp³-hybridized carbons (Fsp3) is 0.286. The fourth-order valence-corrected chi connectivity index (χ4v) is 2.60. The molecular weight excluding hydrogens is 274 g/mol. The molecule has 1 aromatic heterocycles. The standard InChI is InChI=1S/C14H17N3O2S/c1-19-11-6-3-2-5-10(11)14-16-9-13(20-14)17-12(18)7-4-8-15/h2-3,5-6,9H,4,7-8,15H2,1H3,(H,17,18). The molecule has 0 aliphatic carbocycles. The lowest BCUT2D eigenvalue weighted by atomic mass is 10.2. The molecule has 1 amide bonds. The zero-order valence-electron chi connectivity index (χ0n) is 11.3. The lowest BCUT2D eigenvalue weighted by Gasteiger charge is -2.04. The predicted octanol–water partition coefficient (Wildman–Crippen LogP) is 2.50. The lowest BCUT2D eigenvalue weighted by molar-refractivity contribution is -0.116. The summed E-state index contributed by atoms with van der Waals surface area (Å²) in [6, 6.07) is 7.66. The quantitative estimate of drug-likeness (QED) is 0.857. The summed E-state index contributed by atoms with van der Waals surface area (Å²) >= 11 is 1.42. The van der Waals surface area contributed by atoms with Gasteiger partial charge in [0.05, 0.1) is 18.9 Å². The number of carbonyl (C=O) groups is 1. The van der Waals surface area contributed by atoms with Gasteiger partial charge in [-0.3, -0.25) is 4.79 Å². The number of anilines is 1. The lowest BCUT2D eigenvalue weighted by Crippen LogP contribution is -2.12. The molecular formula is C14H17N3O2S. The molecule has 3 N–H and O–H groups in total. The molecule has 2 aromatic rings. The van der Waals surface area contributed by atoms with Gasteiger partial charge in [-0.05, 0) is 25.1 Å². The highest BCUT2D eigenvalue weighted by atomic mass is 32.1. The minimum Gasteiger partial charge on any atom is -0.496 e. The summed E-state index contributed by atoms with van der Waals surface area (Å²) in [4.78, 5) is 16.0. The Morgan fingerprint density at radius 2 is 2.25 bits per heavy atom. The van der Waals surface area contributed by atoms with Crippen molar-refractivity contribution in [2.45, 2.75) is 12.8 Å². The number of hydrogen-bond acceptors (Lipinski definition) is 5. The maximum Gasteiger partial charge on any atom is 0.225 e. The van der Waals surface area contributed by atoms with Gasteiger partial charge in [0, 0.05) is 6.42 Å². The number of rotatable bonds is 6. The number of aromatic nitrogens is 1. The molecule has 106 valence electrons. The van der Waals surface area contributed by atoms with Crippen molar-refractivity contribution in [3.8, 4) is 16.3 Å². The van der Waals surface area contributed by atoms with Crippen LogP contribution in [0.25, 0.3) is 10.6 Å². The molecule has 0 spiro atoms. The Morgan fingerprint density at radius 3 is 3.00 bits per heavy atom. The van der Waals surface area contributed by atoms with Crippen molar-refractivity contribution < 1.29 is 9.53 Å². The van der Waals surface area contributed by atoms with Crippen molar-refractivity contribution in [2.24, 2.45) is 5.73 Å². The van der Waals surface area contributed by atoms with E-state index in [1.54, 1.807) is 13.3 Å². The number of para-hydroxylation sites is 1. The van der Waals surface area contributed by atoms with E-state index in [1.807, 2.05) is 24.3 Å². The minimum absolute atomic E-state index is 0.0364. The van der Waals surface area contributed by atoms with Crippen LogP contribution >= 0.6 is 11.3 Å². The first-order valence-electron chi connectivity index (χ1n) is 6.33. The molecule has 0 aliphatic heterocycles. The van der Waals surface area contributed by atoms with Crippen molar-refractivity contribution >= 4 is 22.2 Å². The van der Waals surface area contributed by atoms with E-state index in [0.29, 0.717) is 19.4 Å². The molecule has 0 unspecified atom stereocenters. The highest BCUT2D eigenvalue weighted by molar-refractivity contribution is 7.19. The second-order valence-electron chi connectivity index (χ2n) is 4.17. The number of methoxy groups -OCH3 is 1. The van der Waals surface area contributed by atoms with Gasteiger partial charge in [-0.15, -0.1) is 0 Å². The van der Waals surface area contributed by atoms with Crippen LogP contribution in [0.1, 0.15) is 12.8 Å². The highest BCUT2D eigenvalue weighted by Crippen LogP contribution is 2.34. The highest BCUT2D eigenvalue weighted by Gasteiger charge is 2.11. The fourth-order valence-electron chi connectivity index (χ4n) is 1.74. The number of benzene rings is 1. The van der Waals surface area contributed by atoms with Gasteiger partial charge < -0.3 is 15.8 Å². The normalized spacial score (nSPS) is 10.3. The van der Waals surface area contributed by atoms with Gasteiger partial charge in [0.1, 0.15) is 15.8 Å². The topological polar surface area (TPSA) is 77.2 Å². The first-order valence-corrected chi connectivity index (χ1v) is 7.15. The number of nitrogens with zero attached hydrogens (tertiary/aromatic N) is 1. The Labute approximate surface area is 121 Å². The van der Waals surface area contributed by atoms with E-state index in [9.17, 15) is 4.79 Å². The van der Waals surface area contributed by atoms with Crippen LogP contribution in [0.15, 0.2) is 30.5 Å². The second kappa shape index (κ2) is 7.02. The van der Waals surface area contributed by atoms with Crippen LogP contribution in [0, 0.1) is 0 Å². The molecule has 0 saturated heterocycles. The van der Waals surface area contributed by atoms with E-state index in [2.05, 4.69) is 10.3 Å². The number of thiazole rings is 1. The molecule has 1 heterocycles. The molecule has 0 aliphatic rings. The summed E-state index contributed by atoms with van der Waals surface area (Å²) in [5.41, 5.74) is 6.30. The van der Waals surface area contributed by atoms with Crippen molar-refractivity contribution in [1.82, 2.24) is 4.98 Å². The monoisotopic (exact) mass is 291 g/mol. The molecule has 0 atom stereocenters. The predicted molar refractivity (Wildman–Crippen MR) is 81.0 cm³/mol. The van der Waals surface area contributed by atoms with Gasteiger partial charge in [0.15, 0.2) is 0 Å². The van der Waals surface area contributed by atoms with Gasteiger partial charge in [-0.1, -0.05) is 23.5 Å². The number of nitrogens with two attached hydrogens (primary N) is 1. The minimum atomic E-state index is -0.0364. The second-order valence-corrected chi connectivity index (χ2v) is 5.20. The number of nitrogens with one attached hydrogen (secondary N) is 1. The number of hydrogen-bond donors (Lipinski definition) is 2. The van der Waals surface area contributed by atoms with Crippen LogP contribution in [0.2, 0.25) is 0 Å². The van der Waals surface area contributed by atoms with Crippen molar-refractivity contribution in [3.63, 3.8) is 0 Å². The summed E-state index contributed by atoms with van der Waals surface area (Å²) < 4.78 is 5.31. The Hall–Kier alpha value is -1.92. The van der Waals surface area contributed by atoms with Crippen LogP contribution in [-0.2, 0) is 4.79 Å². The zero-order chi connectivity index (χ0) is 14.4. The van der Waals surface area contributed by atoms with E-state index in [4.69, 9.17) is 10.5 Å². The summed E-state index contributed by atoms with van der Waals surface area (Å²) in [7, 11) is 1.63. The molecule has 0 radical (unpaired) electrons. The number of carbonyl (C=O) groups excluding carboxylic acids is 1. The Bertz CT molecular complexity index is 583. The van der Waals surface area contributed by atoms with Crippen LogP contribution in [-0.4, -0.2) is 24.5 Å². The Morgan fingerprint density at radius 1 is 1.45 bits per heavy atom. The molecule has 2 rings (SSSR count). The molecule has 0 bridgehead atoms. The first kappa shape index (κ1) is 14.5. The summed E-state index contributed by atoms with van der Waals surface area (Å²) in [5, 5.41) is 4.37. The van der Waals surface area contributed by atoms with Gasteiger partial charge >= 0.3 is 0 Å². The third-order valence-electron chi connectivity index (χ3n) is 2.71. The van der Waals surface area contributed by atoms with Gasteiger partial charge in [0.2, 0.25) is 5.91 Å². The first-order chi connectivity index (χ1) is 9.74. The largest absolute Gasteiger partial charge is 0.496 e. The third kappa shape index (κ3) is 3.55. The third-order valence-corrected chi connectivity index (χ3v) is 3.66. The van der Waals surface area contributed by atoms with Gasteiger partial charge in [-0.25, -0.2) is 4.98 Å². The molecule has 1 aromatic carbocycles. The van der Waals surface area contributed by atoms with E-state index < -0.39 is 0 Å². The summed E-state index contributed by atoms with van der Waals surface area (Å²) in [6.45, 7) is 0.516. The molecule has 0 fully saturated rings. The van der Waals surface area contributed by atoms with Crippen LogP contribution in [0.5, 0.6) is 5.75 Å². The van der Waals surface area contributed by atoms with Crippen LogP contribution in [0.3, 0.4) is 0 Å². The Kier molecular flexibility index (Phi) is 5.09. The van der Waals surface area contributed by atoms with Crippen molar-refractivity contribution in [2.75, 3.05) is 19.0 Å². The van der Waals surface area contributed by atoms with Crippen molar-refractivity contribution in [3.05, 3.63) is 30.5 Å². The maximum absolute atomic E-state index is 11.6. The van der Waals surface area contributed by atoms with E-state index in [0.717, 1.165) is 21.3 Å². The maximum atomic E-state index is 11.6. The zero-order valence-corrected chi connectivity index (χ0v) is 12.1. The average molecular weight is 291 g/mol. The van der Waals surface area contributed by atoms with Crippen molar-refractivity contribution in [1.29, 1.82) is 0 Å². The van der Waals surface area contributed by atoms with Gasteiger partial charge in [-0.2, -0.15) is 0 Å². The van der Waals surface area contributed by atoms with E-state index in [-0.39, 0.29) is 5.91 Å². The van der Waals surface area contributed by atoms with E-state index >= 15 is 0 Å². The molecule has 5 nitrogen and oxygen atoms in total. The Balaban J connectivity index is 2.10.